The maximum Gasteiger partial charge on any atom is 0.417 e. The van der Waals surface area contributed by atoms with Gasteiger partial charge in [-0.1, -0.05) is 19.8 Å². The summed E-state index contributed by atoms with van der Waals surface area (Å²) in [7, 11) is -4.05. The van der Waals surface area contributed by atoms with Crippen LogP contribution < -0.4 is 0 Å². The van der Waals surface area contributed by atoms with Crippen LogP contribution in [-0.2, 0) is 10.0 Å². The van der Waals surface area contributed by atoms with Crippen LogP contribution in [0.2, 0.25) is 0 Å². The first kappa shape index (κ1) is 10.3. The average Bonchev–Trinajstić information content (AvgIpc) is 1.88. The topological polar surface area (TPSA) is 77.3 Å². The molecule has 0 heterocycles. The molecule has 0 saturated heterocycles. The third-order valence-corrected chi connectivity index (χ3v) is 2.49. The largest absolute Gasteiger partial charge is 0.417 e. The Kier molecular flexibility index (Phi) is 4.02. The Morgan fingerprint density at radius 2 is 1.91 bits per heavy atom. The number of hydrogen-bond donors (Lipinski definition) is 0. The van der Waals surface area contributed by atoms with E-state index in [0.29, 0.717) is 12.8 Å². The molecule has 66 valence electrons. The van der Waals surface area contributed by atoms with Gasteiger partial charge in [-0.25, -0.2) is 10.1 Å². The minimum atomic E-state index is -4.05. The lowest BCUT2D eigenvalue weighted by molar-refractivity contribution is -0.305. The Bertz CT molecular complexity index is 221. The van der Waals surface area contributed by atoms with E-state index in [1.54, 1.807) is 0 Å². The monoisotopic (exact) mass is 181 g/mol. The molecular formula is C5H11NO4S. The van der Waals surface area contributed by atoms with E-state index in [0.717, 1.165) is 6.42 Å². The van der Waals surface area contributed by atoms with Crippen LogP contribution in [-0.4, -0.2) is 18.5 Å². The van der Waals surface area contributed by atoms with Crippen molar-refractivity contribution < 1.29 is 12.7 Å². The van der Waals surface area contributed by atoms with Crippen molar-refractivity contribution in [2.75, 3.05) is 5.75 Å². The van der Waals surface area contributed by atoms with Gasteiger partial charge in [-0.2, -0.15) is 8.42 Å². The summed E-state index contributed by atoms with van der Waals surface area (Å²) in [5.41, 5.74) is 0. The van der Waals surface area contributed by atoms with Gasteiger partial charge in [-0.15, -0.1) is 0 Å². The summed E-state index contributed by atoms with van der Waals surface area (Å²) in [6.07, 6.45) is 1.94. The quantitative estimate of drug-likeness (QED) is 0.357. The molecule has 0 aromatic heterocycles. The van der Waals surface area contributed by atoms with Gasteiger partial charge in [-0.05, 0) is 6.42 Å². The Morgan fingerprint density at radius 3 is 2.27 bits per heavy atom. The first-order valence-electron chi connectivity index (χ1n) is 3.38. The summed E-state index contributed by atoms with van der Waals surface area (Å²) >= 11 is 0. The van der Waals surface area contributed by atoms with Crippen molar-refractivity contribution in [3.8, 4) is 0 Å². The molecule has 0 radical (unpaired) electrons. The fraction of sp³-hybridized carbons (Fsp3) is 1.00. The molecule has 0 aliphatic rings. The van der Waals surface area contributed by atoms with Crippen LogP contribution in [0.15, 0.2) is 0 Å². The highest BCUT2D eigenvalue weighted by Gasteiger charge is 2.21. The third-order valence-electron chi connectivity index (χ3n) is 1.23. The molecule has 0 fully saturated rings. The zero-order valence-electron chi connectivity index (χ0n) is 6.32. The summed E-state index contributed by atoms with van der Waals surface area (Å²) in [6, 6.07) is 0. The fourth-order valence-corrected chi connectivity index (χ4v) is 1.33. The fourth-order valence-electron chi connectivity index (χ4n) is 0.609. The zero-order valence-corrected chi connectivity index (χ0v) is 7.13. The second-order valence-corrected chi connectivity index (χ2v) is 4.09. The average molecular weight is 181 g/mol. The smallest absolute Gasteiger partial charge is 0.247 e. The minimum Gasteiger partial charge on any atom is -0.247 e. The summed E-state index contributed by atoms with van der Waals surface area (Å²) < 4.78 is 19.8. The highest BCUT2D eigenvalue weighted by Crippen LogP contribution is 1.99. The number of rotatable bonds is 5. The van der Waals surface area contributed by atoms with Crippen molar-refractivity contribution >= 4 is 10.0 Å². The molecule has 0 spiro atoms. The van der Waals surface area contributed by atoms with Crippen LogP contribution in [0.1, 0.15) is 26.2 Å². The van der Waals surface area contributed by atoms with Gasteiger partial charge < -0.3 is 0 Å². The van der Waals surface area contributed by atoms with Crippen molar-refractivity contribution in [1.29, 1.82) is 0 Å². The lowest BCUT2D eigenvalue weighted by Crippen LogP contribution is -2.16. The molecule has 0 bridgehead atoms. The highest BCUT2D eigenvalue weighted by atomic mass is 32.2. The Hall–Kier alpha value is -0.650. The number of sulfonamides is 1. The zero-order chi connectivity index (χ0) is 8.91. The predicted octanol–water partition coefficient (Wildman–Crippen LogP) is 0.783. The van der Waals surface area contributed by atoms with Crippen LogP contribution in [0.3, 0.4) is 0 Å². The van der Waals surface area contributed by atoms with Gasteiger partial charge in [0.15, 0.2) is 4.33 Å². The molecule has 0 N–H and O–H groups in total. The van der Waals surface area contributed by atoms with Gasteiger partial charge >= 0.3 is 10.0 Å². The highest BCUT2D eigenvalue weighted by molar-refractivity contribution is 7.85. The molecule has 5 nitrogen and oxygen atoms in total. The first-order valence-corrected chi connectivity index (χ1v) is 4.99. The molecular weight excluding hydrogens is 170 g/mol. The summed E-state index contributed by atoms with van der Waals surface area (Å²) in [5, 5.41) is 9.83. The second kappa shape index (κ2) is 4.27. The predicted molar refractivity (Wildman–Crippen MR) is 40.3 cm³/mol. The Balaban J connectivity index is 3.85. The molecule has 11 heavy (non-hydrogen) atoms. The van der Waals surface area contributed by atoms with E-state index >= 15 is 0 Å². The van der Waals surface area contributed by atoms with Crippen LogP contribution in [0.4, 0.5) is 0 Å². The second-order valence-electron chi connectivity index (χ2n) is 2.22. The number of nitro groups is 1. The van der Waals surface area contributed by atoms with E-state index in [1.807, 2.05) is 6.92 Å². The van der Waals surface area contributed by atoms with E-state index in [4.69, 9.17) is 0 Å². The van der Waals surface area contributed by atoms with Crippen LogP contribution in [0.5, 0.6) is 0 Å². The standard InChI is InChI=1S/C5H11NO4S/c1-2-3-4-5-11(9,10)6(7)8/h2-5H2,1H3. The van der Waals surface area contributed by atoms with Gasteiger partial charge in [0.1, 0.15) is 5.75 Å². The molecule has 0 aromatic rings. The van der Waals surface area contributed by atoms with Crippen LogP contribution >= 0.6 is 0 Å². The summed E-state index contributed by atoms with van der Waals surface area (Å²) in [6.45, 7) is 1.90. The molecule has 0 atom stereocenters. The Morgan fingerprint density at radius 1 is 1.36 bits per heavy atom. The molecule has 0 amide bonds. The van der Waals surface area contributed by atoms with Gasteiger partial charge in [-0.3, -0.25) is 0 Å². The van der Waals surface area contributed by atoms with Crippen molar-refractivity contribution in [1.82, 2.24) is 0 Å². The van der Waals surface area contributed by atoms with E-state index in [1.165, 1.54) is 0 Å². The molecule has 0 aliphatic carbocycles. The third kappa shape index (κ3) is 3.92. The van der Waals surface area contributed by atoms with Crippen LogP contribution in [0, 0.1) is 10.1 Å². The SMILES string of the molecule is CCCCCS(=O)(=O)[N+](=O)[O-]. The van der Waals surface area contributed by atoms with Crippen LogP contribution in [0.25, 0.3) is 0 Å². The normalized spacial score (nSPS) is 11.4. The van der Waals surface area contributed by atoms with Crippen molar-refractivity contribution in [3.63, 3.8) is 0 Å². The van der Waals surface area contributed by atoms with Crippen molar-refractivity contribution in [2.45, 2.75) is 26.2 Å². The first-order chi connectivity index (χ1) is 5.00. The Labute approximate surface area is 65.6 Å². The molecule has 0 unspecified atom stereocenters. The van der Waals surface area contributed by atoms with E-state index in [-0.39, 0.29) is 5.75 Å². The molecule has 0 aromatic carbocycles. The molecule has 0 saturated carbocycles. The number of unbranched alkanes of at least 4 members (excludes halogenated alkanes) is 2. The molecule has 0 aliphatic heterocycles. The van der Waals surface area contributed by atoms with E-state index < -0.39 is 14.4 Å². The van der Waals surface area contributed by atoms with Gasteiger partial charge in [0.2, 0.25) is 0 Å². The minimum absolute atomic E-state index is 0.339. The lowest BCUT2D eigenvalue weighted by atomic mass is 10.3. The van der Waals surface area contributed by atoms with Gasteiger partial charge in [0.05, 0.1) is 0 Å². The van der Waals surface area contributed by atoms with Gasteiger partial charge in [0.25, 0.3) is 0 Å². The van der Waals surface area contributed by atoms with E-state index in [9.17, 15) is 18.5 Å². The number of hydrogen-bond acceptors (Lipinski definition) is 4. The molecule has 0 rings (SSSR count). The maximum atomic E-state index is 10.5. The lowest BCUT2D eigenvalue weighted by Gasteiger charge is -1.93. The van der Waals surface area contributed by atoms with Crippen molar-refractivity contribution in [3.05, 3.63) is 10.1 Å². The van der Waals surface area contributed by atoms with Gasteiger partial charge in [0, 0.05) is 0 Å². The van der Waals surface area contributed by atoms with Crippen molar-refractivity contribution in [2.24, 2.45) is 0 Å². The van der Waals surface area contributed by atoms with E-state index in [2.05, 4.69) is 0 Å². The summed E-state index contributed by atoms with van der Waals surface area (Å²) in [5.74, 6) is -0.339. The molecule has 6 heteroatoms. The number of nitrogens with zero attached hydrogens (tertiary/aromatic N) is 1. The maximum absolute atomic E-state index is 10.5. The summed E-state index contributed by atoms with van der Waals surface area (Å²) in [4.78, 5) is 9.83.